The molecule has 1 heterocycles. The Labute approximate surface area is 85.5 Å². The zero-order valence-corrected chi connectivity index (χ0v) is 7.81. The van der Waals surface area contributed by atoms with Crippen molar-refractivity contribution in [1.29, 1.82) is 0 Å². The van der Waals surface area contributed by atoms with Crippen LogP contribution >= 0.6 is 0 Å². The van der Waals surface area contributed by atoms with Crippen molar-refractivity contribution in [3.05, 3.63) is 47.8 Å². The van der Waals surface area contributed by atoms with E-state index >= 15 is 0 Å². The highest BCUT2D eigenvalue weighted by Gasteiger charge is 2.14. The van der Waals surface area contributed by atoms with Crippen LogP contribution in [-0.4, -0.2) is 15.2 Å². The van der Waals surface area contributed by atoms with Gasteiger partial charge in [0.05, 0.1) is 0 Å². The molecular weight excluding hydrogens is 197 g/mol. The number of nitrogens with one attached hydrogen (secondary N) is 2. The average Bonchev–Trinajstić information content (AvgIpc) is 2.75. The molecule has 0 aliphatic carbocycles. The molecule has 6 heteroatoms. The molecule has 15 heavy (non-hydrogen) atoms. The van der Waals surface area contributed by atoms with Gasteiger partial charge in [0.1, 0.15) is 24.0 Å². The van der Waals surface area contributed by atoms with Gasteiger partial charge < -0.3 is 0 Å². The van der Waals surface area contributed by atoms with E-state index in [1.54, 1.807) is 12.1 Å². The summed E-state index contributed by atoms with van der Waals surface area (Å²) in [4.78, 5) is 3.98. The first kappa shape index (κ1) is 9.75. The highest BCUT2D eigenvalue weighted by atomic mass is 19.1. The Morgan fingerprint density at radius 3 is 2.60 bits per heavy atom. The number of hydrogen-bond donors (Lipinski definition) is 3. The van der Waals surface area contributed by atoms with Crippen LogP contribution in [0.4, 0.5) is 4.39 Å². The van der Waals surface area contributed by atoms with E-state index in [-0.39, 0.29) is 11.9 Å². The molecule has 0 bridgehead atoms. The number of halogens is 1. The largest absolute Gasteiger partial charge is 0.270 e. The third kappa shape index (κ3) is 2.00. The molecule has 0 aliphatic heterocycles. The molecule has 0 radical (unpaired) electrons. The molecule has 1 aromatic carbocycles. The third-order valence-corrected chi connectivity index (χ3v) is 2.08. The first-order chi connectivity index (χ1) is 7.31. The highest BCUT2D eigenvalue weighted by molar-refractivity contribution is 5.24. The second-order valence-corrected chi connectivity index (χ2v) is 3.02. The van der Waals surface area contributed by atoms with Gasteiger partial charge in [0.15, 0.2) is 0 Å². The van der Waals surface area contributed by atoms with Crippen LogP contribution in [-0.2, 0) is 0 Å². The Morgan fingerprint density at radius 1 is 1.33 bits per heavy atom. The molecule has 5 nitrogen and oxygen atoms in total. The molecule has 2 aromatic rings. The molecule has 78 valence electrons. The Balaban J connectivity index is 2.31. The maximum absolute atomic E-state index is 12.7. The van der Waals surface area contributed by atoms with Gasteiger partial charge in [-0.1, -0.05) is 12.1 Å². The average molecular weight is 207 g/mol. The minimum absolute atomic E-state index is 0.285. The maximum atomic E-state index is 12.7. The number of nitrogens with two attached hydrogens (primary N) is 1. The first-order valence-corrected chi connectivity index (χ1v) is 4.38. The predicted octanol–water partition coefficient (Wildman–Crippen LogP) is 0.496. The summed E-state index contributed by atoms with van der Waals surface area (Å²) >= 11 is 0. The Hall–Kier alpha value is -1.79. The van der Waals surface area contributed by atoms with Crippen LogP contribution in [0.2, 0.25) is 0 Å². The van der Waals surface area contributed by atoms with Crippen LogP contribution < -0.4 is 11.3 Å². The lowest BCUT2D eigenvalue weighted by Crippen LogP contribution is -2.29. The first-order valence-electron chi connectivity index (χ1n) is 4.38. The molecule has 1 atom stereocenters. The van der Waals surface area contributed by atoms with Crippen molar-refractivity contribution in [2.24, 2.45) is 5.84 Å². The molecule has 0 saturated heterocycles. The monoisotopic (exact) mass is 207 g/mol. The molecule has 0 fully saturated rings. The van der Waals surface area contributed by atoms with E-state index in [0.29, 0.717) is 5.82 Å². The van der Waals surface area contributed by atoms with Crippen LogP contribution in [0.3, 0.4) is 0 Å². The van der Waals surface area contributed by atoms with Crippen molar-refractivity contribution in [2.75, 3.05) is 0 Å². The zero-order valence-electron chi connectivity index (χ0n) is 7.81. The Bertz CT molecular complexity index is 411. The highest BCUT2D eigenvalue weighted by Crippen LogP contribution is 2.17. The summed E-state index contributed by atoms with van der Waals surface area (Å²) in [7, 11) is 0. The van der Waals surface area contributed by atoms with Gasteiger partial charge >= 0.3 is 0 Å². The van der Waals surface area contributed by atoms with E-state index in [4.69, 9.17) is 5.84 Å². The van der Waals surface area contributed by atoms with Crippen molar-refractivity contribution >= 4 is 0 Å². The normalized spacial score (nSPS) is 12.7. The van der Waals surface area contributed by atoms with Gasteiger partial charge in [-0.3, -0.25) is 10.9 Å². The van der Waals surface area contributed by atoms with Gasteiger partial charge in [-0.25, -0.2) is 14.8 Å². The van der Waals surface area contributed by atoms with E-state index in [2.05, 4.69) is 20.6 Å². The van der Waals surface area contributed by atoms with E-state index in [0.717, 1.165) is 5.56 Å². The molecular formula is C9H10FN5. The molecule has 1 aromatic heterocycles. The molecule has 0 amide bonds. The lowest BCUT2D eigenvalue weighted by molar-refractivity contribution is 0.596. The molecule has 1 unspecified atom stereocenters. The second-order valence-electron chi connectivity index (χ2n) is 3.02. The SMILES string of the molecule is NNC(c1ccc(F)cc1)c1ncn[nH]1. The van der Waals surface area contributed by atoms with Crippen LogP contribution in [0.5, 0.6) is 0 Å². The quantitative estimate of drug-likeness (QED) is 0.505. The number of nitrogens with zero attached hydrogens (tertiary/aromatic N) is 2. The standard InChI is InChI=1S/C9H10FN5/c10-7-3-1-6(2-4-7)8(14-11)9-12-5-13-15-9/h1-5,8,14H,11H2,(H,12,13,15). The summed E-state index contributed by atoms with van der Waals surface area (Å²) in [5.41, 5.74) is 3.40. The fourth-order valence-electron chi connectivity index (χ4n) is 1.34. The molecule has 2 rings (SSSR count). The number of aromatic nitrogens is 3. The fraction of sp³-hybridized carbons (Fsp3) is 0.111. The van der Waals surface area contributed by atoms with Crippen molar-refractivity contribution in [3.8, 4) is 0 Å². The number of benzene rings is 1. The molecule has 0 spiro atoms. The minimum atomic E-state index is -0.312. The summed E-state index contributed by atoms with van der Waals surface area (Å²) in [5, 5.41) is 6.43. The molecule has 4 N–H and O–H groups in total. The van der Waals surface area contributed by atoms with Gasteiger partial charge in [-0.15, -0.1) is 0 Å². The third-order valence-electron chi connectivity index (χ3n) is 2.08. The van der Waals surface area contributed by atoms with E-state index in [9.17, 15) is 4.39 Å². The second kappa shape index (κ2) is 4.16. The van der Waals surface area contributed by atoms with Crippen LogP contribution in [0.15, 0.2) is 30.6 Å². The number of rotatable bonds is 3. The van der Waals surface area contributed by atoms with Crippen LogP contribution in [0.1, 0.15) is 17.4 Å². The number of H-pyrrole nitrogens is 1. The van der Waals surface area contributed by atoms with Gasteiger partial charge in [-0.05, 0) is 17.7 Å². The van der Waals surface area contributed by atoms with E-state index < -0.39 is 0 Å². The van der Waals surface area contributed by atoms with Crippen LogP contribution in [0, 0.1) is 5.82 Å². The summed E-state index contributed by atoms with van der Waals surface area (Å²) in [5.74, 6) is 5.70. The van der Waals surface area contributed by atoms with E-state index in [1.165, 1.54) is 18.5 Å². The van der Waals surface area contributed by atoms with E-state index in [1.807, 2.05) is 0 Å². The van der Waals surface area contributed by atoms with Gasteiger partial charge in [0.2, 0.25) is 0 Å². The summed E-state index contributed by atoms with van der Waals surface area (Å²) < 4.78 is 12.7. The lowest BCUT2D eigenvalue weighted by atomic mass is 10.1. The van der Waals surface area contributed by atoms with Crippen molar-refractivity contribution < 1.29 is 4.39 Å². The number of hydrazine groups is 1. The molecule has 0 saturated carbocycles. The van der Waals surface area contributed by atoms with Crippen molar-refractivity contribution in [2.45, 2.75) is 6.04 Å². The Morgan fingerprint density at radius 2 is 2.07 bits per heavy atom. The van der Waals surface area contributed by atoms with Crippen molar-refractivity contribution in [1.82, 2.24) is 20.6 Å². The minimum Gasteiger partial charge on any atom is -0.270 e. The smallest absolute Gasteiger partial charge is 0.147 e. The van der Waals surface area contributed by atoms with Gasteiger partial charge in [0, 0.05) is 0 Å². The Kier molecular flexibility index (Phi) is 2.70. The zero-order chi connectivity index (χ0) is 10.7. The number of hydrogen-bond acceptors (Lipinski definition) is 4. The predicted molar refractivity (Wildman–Crippen MR) is 51.9 cm³/mol. The molecule has 0 aliphatic rings. The lowest BCUT2D eigenvalue weighted by Gasteiger charge is -2.12. The maximum Gasteiger partial charge on any atom is 0.147 e. The van der Waals surface area contributed by atoms with Crippen molar-refractivity contribution in [3.63, 3.8) is 0 Å². The topological polar surface area (TPSA) is 79.6 Å². The summed E-state index contributed by atoms with van der Waals surface area (Å²) in [6, 6.07) is 5.71. The van der Waals surface area contributed by atoms with Gasteiger partial charge in [-0.2, -0.15) is 5.10 Å². The summed E-state index contributed by atoms with van der Waals surface area (Å²) in [6.07, 6.45) is 1.39. The fourth-order valence-corrected chi connectivity index (χ4v) is 1.34. The number of aromatic amines is 1. The van der Waals surface area contributed by atoms with Gasteiger partial charge in [0.25, 0.3) is 0 Å². The van der Waals surface area contributed by atoms with Crippen LogP contribution in [0.25, 0.3) is 0 Å². The summed E-state index contributed by atoms with van der Waals surface area (Å²) in [6.45, 7) is 0.